The summed E-state index contributed by atoms with van der Waals surface area (Å²) in [6.07, 6.45) is 1.77. The molecular formula is C22H26N6O. The van der Waals surface area contributed by atoms with E-state index in [0.29, 0.717) is 5.95 Å². The molecule has 0 spiro atoms. The number of nitrogens with one attached hydrogen (secondary N) is 2. The topological polar surface area (TPSA) is 75.2 Å². The van der Waals surface area contributed by atoms with Gasteiger partial charge in [0.1, 0.15) is 5.82 Å². The number of nitrogens with zero attached hydrogens (tertiary/aromatic N) is 4. The smallest absolute Gasteiger partial charge is 0.225 e. The van der Waals surface area contributed by atoms with E-state index in [9.17, 15) is 0 Å². The van der Waals surface area contributed by atoms with Crippen LogP contribution in [0, 0.1) is 0 Å². The van der Waals surface area contributed by atoms with Gasteiger partial charge in [-0.25, -0.2) is 4.98 Å². The Morgan fingerprint density at radius 3 is 2.45 bits per heavy atom. The minimum atomic E-state index is 0.231. The molecule has 4 rings (SSSR count). The molecule has 0 bridgehead atoms. The lowest BCUT2D eigenvalue weighted by atomic mass is 10.2. The molecule has 0 amide bonds. The van der Waals surface area contributed by atoms with Gasteiger partial charge in [0.25, 0.3) is 0 Å². The minimum absolute atomic E-state index is 0.231. The predicted octanol–water partition coefficient (Wildman–Crippen LogP) is 3.94. The van der Waals surface area contributed by atoms with Crippen molar-refractivity contribution in [3.63, 3.8) is 0 Å². The molecule has 7 nitrogen and oxygen atoms in total. The molecule has 29 heavy (non-hydrogen) atoms. The molecule has 0 saturated carbocycles. The van der Waals surface area contributed by atoms with Crippen molar-refractivity contribution >= 4 is 23.1 Å². The van der Waals surface area contributed by atoms with Crippen LogP contribution in [0.25, 0.3) is 11.4 Å². The average Bonchev–Trinajstić information content (AvgIpc) is 2.75. The van der Waals surface area contributed by atoms with Crippen molar-refractivity contribution in [1.29, 1.82) is 0 Å². The van der Waals surface area contributed by atoms with E-state index in [2.05, 4.69) is 68.6 Å². The summed E-state index contributed by atoms with van der Waals surface area (Å²) in [6.45, 7) is 7.54. The van der Waals surface area contributed by atoms with Crippen LogP contribution >= 0.6 is 0 Å². The normalized spacial score (nSPS) is 14.1. The quantitative estimate of drug-likeness (QED) is 0.660. The maximum Gasteiger partial charge on any atom is 0.225 e. The van der Waals surface area contributed by atoms with Crippen molar-refractivity contribution < 1.29 is 4.74 Å². The van der Waals surface area contributed by atoms with E-state index in [0.717, 1.165) is 49.2 Å². The van der Waals surface area contributed by atoms with Crippen molar-refractivity contribution in [1.82, 2.24) is 15.0 Å². The number of anilines is 4. The number of hydrogen-bond acceptors (Lipinski definition) is 7. The van der Waals surface area contributed by atoms with E-state index < -0.39 is 0 Å². The van der Waals surface area contributed by atoms with E-state index in [1.807, 2.05) is 24.3 Å². The predicted molar refractivity (Wildman–Crippen MR) is 117 cm³/mol. The molecule has 3 aromatic rings. The van der Waals surface area contributed by atoms with Crippen LogP contribution in [0.1, 0.15) is 13.8 Å². The second-order valence-electron chi connectivity index (χ2n) is 7.25. The fourth-order valence-corrected chi connectivity index (χ4v) is 3.20. The highest BCUT2D eigenvalue weighted by atomic mass is 16.5. The van der Waals surface area contributed by atoms with Gasteiger partial charge in [0.05, 0.1) is 24.6 Å². The highest BCUT2D eigenvalue weighted by Gasteiger charge is 2.12. The van der Waals surface area contributed by atoms with Crippen LogP contribution in [-0.2, 0) is 4.74 Å². The Bertz CT molecular complexity index is 924. The van der Waals surface area contributed by atoms with Crippen LogP contribution < -0.4 is 15.5 Å². The van der Waals surface area contributed by atoms with Crippen LogP contribution in [-0.4, -0.2) is 47.3 Å². The Morgan fingerprint density at radius 1 is 0.966 bits per heavy atom. The van der Waals surface area contributed by atoms with Crippen molar-refractivity contribution in [2.75, 3.05) is 41.8 Å². The maximum absolute atomic E-state index is 5.43. The zero-order valence-electron chi connectivity index (χ0n) is 16.8. The first-order chi connectivity index (χ1) is 14.2. The molecule has 1 aliphatic heterocycles. The SMILES string of the molecule is CC(C)Nc1nc(Nc2ccc(N3CCOCC3)cc2)cc(-c2ccccn2)n1. The van der Waals surface area contributed by atoms with Gasteiger partial charge in [-0.3, -0.25) is 4.98 Å². The summed E-state index contributed by atoms with van der Waals surface area (Å²) in [5.41, 5.74) is 3.77. The number of pyridine rings is 1. The summed E-state index contributed by atoms with van der Waals surface area (Å²) in [6, 6.07) is 16.3. The first kappa shape index (κ1) is 19.1. The fourth-order valence-electron chi connectivity index (χ4n) is 3.20. The lowest BCUT2D eigenvalue weighted by molar-refractivity contribution is 0.122. The fraction of sp³-hybridized carbons (Fsp3) is 0.318. The molecule has 0 atom stereocenters. The van der Waals surface area contributed by atoms with Crippen molar-refractivity contribution in [3.8, 4) is 11.4 Å². The highest BCUT2D eigenvalue weighted by Crippen LogP contribution is 2.24. The summed E-state index contributed by atoms with van der Waals surface area (Å²) in [4.78, 5) is 16.0. The van der Waals surface area contributed by atoms with Crippen LogP contribution in [0.15, 0.2) is 54.7 Å². The molecule has 0 radical (unpaired) electrons. The summed E-state index contributed by atoms with van der Waals surface area (Å²) in [7, 11) is 0. The van der Waals surface area contributed by atoms with Gasteiger partial charge < -0.3 is 20.3 Å². The number of rotatable bonds is 6. The molecule has 3 heterocycles. The van der Waals surface area contributed by atoms with Crippen molar-refractivity contribution in [3.05, 3.63) is 54.7 Å². The van der Waals surface area contributed by atoms with E-state index in [1.54, 1.807) is 6.20 Å². The minimum Gasteiger partial charge on any atom is -0.378 e. The number of aromatic nitrogens is 3. The van der Waals surface area contributed by atoms with Gasteiger partial charge >= 0.3 is 0 Å². The number of hydrogen-bond donors (Lipinski definition) is 2. The van der Waals surface area contributed by atoms with Gasteiger partial charge in [-0.05, 0) is 50.2 Å². The standard InChI is InChI=1S/C22H26N6O/c1-16(2)24-22-26-20(19-5-3-4-10-23-19)15-21(27-22)25-17-6-8-18(9-7-17)28-11-13-29-14-12-28/h3-10,15-16H,11-14H2,1-2H3,(H2,24,25,26,27). The molecule has 2 aromatic heterocycles. The Morgan fingerprint density at radius 2 is 1.76 bits per heavy atom. The first-order valence-corrected chi connectivity index (χ1v) is 9.94. The molecule has 7 heteroatoms. The third-order valence-corrected chi connectivity index (χ3v) is 4.59. The summed E-state index contributed by atoms with van der Waals surface area (Å²) < 4.78 is 5.43. The van der Waals surface area contributed by atoms with E-state index in [1.165, 1.54) is 5.69 Å². The van der Waals surface area contributed by atoms with Crippen LogP contribution in [0.3, 0.4) is 0 Å². The summed E-state index contributed by atoms with van der Waals surface area (Å²) >= 11 is 0. The van der Waals surface area contributed by atoms with E-state index in [-0.39, 0.29) is 6.04 Å². The zero-order valence-corrected chi connectivity index (χ0v) is 16.8. The van der Waals surface area contributed by atoms with Crippen molar-refractivity contribution in [2.45, 2.75) is 19.9 Å². The Kier molecular flexibility index (Phi) is 5.86. The molecule has 1 fully saturated rings. The highest BCUT2D eigenvalue weighted by molar-refractivity contribution is 5.66. The zero-order chi connectivity index (χ0) is 20.1. The number of morpholine rings is 1. The van der Waals surface area contributed by atoms with Gasteiger partial charge in [0, 0.05) is 42.8 Å². The van der Waals surface area contributed by atoms with Crippen LogP contribution in [0.5, 0.6) is 0 Å². The van der Waals surface area contributed by atoms with Crippen molar-refractivity contribution in [2.24, 2.45) is 0 Å². The third kappa shape index (κ3) is 5.00. The third-order valence-electron chi connectivity index (χ3n) is 4.59. The molecule has 1 saturated heterocycles. The maximum atomic E-state index is 5.43. The molecule has 0 unspecified atom stereocenters. The lowest BCUT2D eigenvalue weighted by Crippen LogP contribution is -2.36. The molecule has 150 valence electrons. The monoisotopic (exact) mass is 390 g/mol. The molecular weight excluding hydrogens is 364 g/mol. The molecule has 2 N–H and O–H groups in total. The van der Waals surface area contributed by atoms with Gasteiger partial charge in [0.15, 0.2) is 0 Å². The largest absolute Gasteiger partial charge is 0.378 e. The first-order valence-electron chi connectivity index (χ1n) is 9.94. The average molecular weight is 390 g/mol. The summed E-state index contributed by atoms with van der Waals surface area (Å²) in [5, 5.41) is 6.68. The molecule has 1 aromatic carbocycles. The summed E-state index contributed by atoms with van der Waals surface area (Å²) in [5.74, 6) is 1.30. The second-order valence-corrected chi connectivity index (χ2v) is 7.25. The van der Waals surface area contributed by atoms with Gasteiger partial charge in [0.2, 0.25) is 5.95 Å². The Labute approximate surface area is 171 Å². The number of ether oxygens (including phenoxy) is 1. The molecule has 1 aliphatic rings. The lowest BCUT2D eigenvalue weighted by Gasteiger charge is -2.28. The van der Waals surface area contributed by atoms with E-state index >= 15 is 0 Å². The second kappa shape index (κ2) is 8.87. The Balaban J connectivity index is 1.57. The van der Waals surface area contributed by atoms with Gasteiger partial charge in [-0.1, -0.05) is 6.07 Å². The number of benzene rings is 1. The van der Waals surface area contributed by atoms with Crippen LogP contribution in [0.2, 0.25) is 0 Å². The molecule has 0 aliphatic carbocycles. The van der Waals surface area contributed by atoms with Gasteiger partial charge in [-0.15, -0.1) is 0 Å². The van der Waals surface area contributed by atoms with Gasteiger partial charge in [-0.2, -0.15) is 4.98 Å². The van der Waals surface area contributed by atoms with E-state index in [4.69, 9.17) is 4.74 Å². The Hall–Kier alpha value is -3.19. The van der Waals surface area contributed by atoms with Crippen LogP contribution in [0.4, 0.5) is 23.1 Å².